The van der Waals surface area contributed by atoms with Crippen LogP contribution in [-0.2, 0) is 0 Å². The Morgan fingerprint density at radius 3 is 2.47 bits per heavy atom. The van der Waals surface area contributed by atoms with Crippen molar-refractivity contribution in [3.05, 3.63) is 18.2 Å². The first-order chi connectivity index (χ1) is 8.92. The van der Waals surface area contributed by atoms with Crippen LogP contribution in [-0.4, -0.2) is 26.9 Å². The fraction of sp³-hybridized carbons (Fsp3) is 0.417. The SMILES string of the molecule is COc1ccc(OC)c(NCC(C#N)C(F)(F)F)c1. The van der Waals surface area contributed by atoms with Gasteiger partial charge in [-0.15, -0.1) is 0 Å². The number of nitrogens with one attached hydrogen (secondary N) is 1. The minimum absolute atomic E-state index is 0.339. The maximum atomic E-state index is 12.4. The van der Waals surface area contributed by atoms with Gasteiger partial charge in [0.15, 0.2) is 5.92 Å². The molecule has 0 heterocycles. The molecule has 104 valence electrons. The van der Waals surface area contributed by atoms with Crippen LogP contribution in [0.3, 0.4) is 0 Å². The van der Waals surface area contributed by atoms with Gasteiger partial charge in [0.1, 0.15) is 11.5 Å². The van der Waals surface area contributed by atoms with Crippen LogP contribution in [0.2, 0.25) is 0 Å². The normalized spacial score (nSPS) is 12.4. The molecule has 19 heavy (non-hydrogen) atoms. The van der Waals surface area contributed by atoms with E-state index in [1.165, 1.54) is 26.4 Å². The quantitative estimate of drug-likeness (QED) is 0.897. The molecule has 0 aliphatic carbocycles. The van der Waals surface area contributed by atoms with Crippen molar-refractivity contribution in [1.82, 2.24) is 0 Å². The van der Waals surface area contributed by atoms with Gasteiger partial charge in [-0.05, 0) is 12.1 Å². The van der Waals surface area contributed by atoms with E-state index < -0.39 is 18.6 Å². The Morgan fingerprint density at radius 1 is 1.32 bits per heavy atom. The van der Waals surface area contributed by atoms with Crippen molar-refractivity contribution in [3.63, 3.8) is 0 Å². The molecule has 0 aliphatic heterocycles. The molecule has 0 aliphatic rings. The van der Waals surface area contributed by atoms with E-state index in [4.69, 9.17) is 14.7 Å². The van der Waals surface area contributed by atoms with Gasteiger partial charge in [0.25, 0.3) is 0 Å². The summed E-state index contributed by atoms with van der Waals surface area (Å²) in [4.78, 5) is 0. The first-order valence-electron chi connectivity index (χ1n) is 5.34. The topological polar surface area (TPSA) is 54.3 Å². The summed E-state index contributed by atoms with van der Waals surface area (Å²) in [5, 5.41) is 11.0. The summed E-state index contributed by atoms with van der Waals surface area (Å²) in [7, 11) is 2.85. The van der Waals surface area contributed by atoms with Crippen LogP contribution in [0.4, 0.5) is 18.9 Å². The average Bonchev–Trinajstić information content (AvgIpc) is 2.37. The molecule has 1 N–H and O–H groups in total. The van der Waals surface area contributed by atoms with Crippen molar-refractivity contribution in [2.24, 2.45) is 5.92 Å². The highest BCUT2D eigenvalue weighted by atomic mass is 19.4. The van der Waals surface area contributed by atoms with E-state index in [0.717, 1.165) is 0 Å². The molecule has 0 saturated heterocycles. The van der Waals surface area contributed by atoms with Crippen LogP contribution in [0, 0.1) is 17.2 Å². The molecule has 0 radical (unpaired) electrons. The number of benzene rings is 1. The van der Waals surface area contributed by atoms with Crippen molar-refractivity contribution >= 4 is 5.69 Å². The Kier molecular flexibility index (Phi) is 4.87. The molecular formula is C12H13F3N2O2. The van der Waals surface area contributed by atoms with Gasteiger partial charge in [-0.1, -0.05) is 0 Å². The monoisotopic (exact) mass is 274 g/mol. The Balaban J connectivity index is 2.84. The van der Waals surface area contributed by atoms with Crippen LogP contribution in [0.15, 0.2) is 18.2 Å². The lowest BCUT2D eigenvalue weighted by Crippen LogP contribution is -2.28. The second kappa shape index (κ2) is 6.18. The van der Waals surface area contributed by atoms with E-state index in [-0.39, 0.29) is 0 Å². The van der Waals surface area contributed by atoms with Crippen LogP contribution in [0.25, 0.3) is 0 Å². The molecule has 0 aromatic heterocycles. The molecule has 0 bridgehead atoms. The Hall–Kier alpha value is -2.10. The minimum Gasteiger partial charge on any atom is -0.497 e. The number of hydrogen-bond acceptors (Lipinski definition) is 4. The van der Waals surface area contributed by atoms with E-state index in [9.17, 15) is 13.2 Å². The van der Waals surface area contributed by atoms with E-state index in [1.807, 2.05) is 0 Å². The largest absolute Gasteiger partial charge is 0.497 e. The predicted octanol–water partition coefficient (Wildman–Crippen LogP) is 2.82. The van der Waals surface area contributed by atoms with E-state index >= 15 is 0 Å². The molecule has 1 atom stereocenters. The molecule has 0 spiro atoms. The second-order valence-electron chi connectivity index (χ2n) is 3.67. The predicted molar refractivity (Wildman–Crippen MR) is 63.2 cm³/mol. The van der Waals surface area contributed by atoms with Gasteiger partial charge in [-0.3, -0.25) is 0 Å². The van der Waals surface area contributed by atoms with Crippen LogP contribution < -0.4 is 14.8 Å². The van der Waals surface area contributed by atoms with Gasteiger partial charge >= 0.3 is 6.18 Å². The van der Waals surface area contributed by atoms with Crippen molar-refractivity contribution in [2.75, 3.05) is 26.1 Å². The van der Waals surface area contributed by atoms with Crippen LogP contribution in [0.1, 0.15) is 0 Å². The lowest BCUT2D eigenvalue weighted by Gasteiger charge is -2.16. The summed E-state index contributed by atoms with van der Waals surface area (Å²) in [6, 6.07) is 5.91. The Labute approximate surface area is 108 Å². The van der Waals surface area contributed by atoms with E-state index in [2.05, 4.69) is 5.32 Å². The Morgan fingerprint density at radius 2 is 2.00 bits per heavy atom. The molecule has 1 unspecified atom stereocenters. The molecular weight excluding hydrogens is 261 g/mol. The highest BCUT2D eigenvalue weighted by molar-refractivity contribution is 5.59. The maximum Gasteiger partial charge on any atom is 0.406 e. The number of rotatable bonds is 5. The van der Waals surface area contributed by atoms with E-state index in [0.29, 0.717) is 17.2 Å². The standard InChI is InChI=1S/C12H13F3N2O2/c1-18-9-3-4-11(19-2)10(5-9)17-7-8(6-16)12(13,14)15/h3-5,8,17H,7H2,1-2H3. The van der Waals surface area contributed by atoms with E-state index in [1.54, 1.807) is 12.1 Å². The number of nitrogens with zero attached hydrogens (tertiary/aromatic N) is 1. The van der Waals surface area contributed by atoms with Crippen molar-refractivity contribution in [1.29, 1.82) is 5.26 Å². The summed E-state index contributed by atoms with van der Waals surface area (Å²) in [5.74, 6) is -1.23. The molecule has 7 heteroatoms. The first-order valence-corrected chi connectivity index (χ1v) is 5.34. The van der Waals surface area contributed by atoms with Crippen molar-refractivity contribution in [3.8, 4) is 17.6 Å². The summed E-state index contributed by atoms with van der Waals surface area (Å²) >= 11 is 0. The highest BCUT2D eigenvalue weighted by Crippen LogP contribution is 2.31. The summed E-state index contributed by atoms with van der Waals surface area (Å²) < 4.78 is 47.3. The number of anilines is 1. The summed E-state index contributed by atoms with van der Waals surface area (Å²) in [6.45, 7) is -0.552. The number of alkyl halides is 3. The molecule has 0 saturated carbocycles. The molecule has 0 amide bonds. The smallest absolute Gasteiger partial charge is 0.406 e. The first kappa shape index (κ1) is 15.0. The molecule has 4 nitrogen and oxygen atoms in total. The third kappa shape index (κ3) is 3.95. The third-order valence-electron chi connectivity index (χ3n) is 2.45. The number of methoxy groups -OCH3 is 2. The zero-order valence-corrected chi connectivity index (χ0v) is 10.4. The molecule has 1 rings (SSSR count). The van der Waals surface area contributed by atoms with Crippen LogP contribution >= 0.6 is 0 Å². The maximum absolute atomic E-state index is 12.4. The number of ether oxygens (including phenoxy) is 2. The van der Waals surface area contributed by atoms with Gasteiger partial charge < -0.3 is 14.8 Å². The van der Waals surface area contributed by atoms with Crippen molar-refractivity contribution < 1.29 is 22.6 Å². The summed E-state index contributed by atoms with van der Waals surface area (Å²) in [6.07, 6.45) is -4.56. The minimum atomic E-state index is -4.56. The van der Waals surface area contributed by atoms with Gasteiger partial charge in [-0.25, -0.2) is 0 Å². The highest BCUT2D eigenvalue weighted by Gasteiger charge is 2.39. The lowest BCUT2D eigenvalue weighted by atomic mass is 10.1. The lowest BCUT2D eigenvalue weighted by molar-refractivity contribution is -0.155. The third-order valence-corrected chi connectivity index (χ3v) is 2.45. The van der Waals surface area contributed by atoms with Gasteiger partial charge in [0, 0.05) is 12.6 Å². The fourth-order valence-electron chi connectivity index (χ4n) is 1.40. The number of halogens is 3. The number of hydrogen-bond donors (Lipinski definition) is 1. The molecule has 1 aromatic carbocycles. The zero-order chi connectivity index (χ0) is 14.5. The Bertz CT molecular complexity index is 469. The zero-order valence-electron chi connectivity index (χ0n) is 10.4. The van der Waals surface area contributed by atoms with Gasteiger partial charge in [0.05, 0.1) is 26.0 Å². The van der Waals surface area contributed by atoms with Gasteiger partial charge in [-0.2, -0.15) is 18.4 Å². The van der Waals surface area contributed by atoms with Gasteiger partial charge in [0.2, 0.25) is 0 Å². The average molecular weight is 274 g/mol. The number of nitriles is 1. The molecule has 0 fully saturated rings. The fourth-order valence-corrected chi connectivity index (χ4v) is 1.40. The second-order valence-corrected chi connectivity index (χ2v) is 3.67. The molecule has 1 aromatic rings. The van der Waals surface area contributed by atoms with Crippen molar-refractivity contribution in [2.45, 2.75) is 6.18 Å². The summed E-state index contributed by atoms with van der Waals surface area (Å²) in [5.41, 5.74) is 0.339. The van der Waals surface area contributed by atoms with Crippen LogP contribution in [0.5, 0.6) is 11.5 Å².